The fourth-order valence-corrected chi connectivity index (χ4v) is 5.42. The number of hydrogen-bond donors (Lipinski definition) is 0. The molecule has 0 bridgehead atoms. The van der Waals surface area contributed by atoms with Gasteiger partial charge in [-0.25, -0.2) is 0 Å². The average molecular weight is 329 g/mol. The van der Waals surface area contributed by atoms with Crippen molar-refractivity contribution in [1.29, 1.82) is 0 Å². The Morgan fingerprint density at radius 3 is 2.17 bits per heavy atom. The summed E-state index contributed by atoms with van der Waals surface area (Å²) >= 11 is 0. The fraction of sp³-hybridized carbons (Fsp3) is 0.727. The van der Waals surface area contributed by atoms with Crippen LogP contribution >= 0.6 is 0 Å². The van der Waals surface area contributed by atoms with Crippen LogP contribution in [0.5, 0.6) is 0 Å². The predicted octanol–water partition coefficient (Wildman–Crippen LogP) is 5.60. The van der Waals surface area contributed by atoms with E-state index in [4.69, 9.17) is 0 Å². The Kier molecular flexibility index (Phi) is 5.24. The molecule has 24 heavy (non-hydrogen) atoms. The molecular weight excluding hydrogens is 292 g/mol. The van der Waals surface area contributed by atoms with Gasteiger partial charge >= 0.3 is 0 Å². The molecule has 0 spiro atoms. The van der Waals surface area contributed by atoms with Gasteiger partial charge in [0.25, 0.3) is 0 Å². The summed E-state index contributed by atoms with van der Waals surface area (Å²) < 4.78 is 0. The molecule has 1 saturated carbocycles. The van der Waals surface area contributed by atoms with Gasteiger partial charge in [0.1, 0.15) is 0 Å². The van der Waals surface area contributed by atoms with E-state index in [0.717, 1.165) is 5.92 Å². The summed E-state index contributed by atoms with van der Waals surface area (Å²) in [6, 6.07) is 9.44. The second kappa shape index (κ2) is 7.07. The summed E-state index contributed by atoms with van der Waals surface area (Å²) in [6.45, 7) is 9.64. The Morgan fingerprint density at radius 1 is 0.958 bits per heavy atom. The standard InChI is InChI=1S/C22H36N2/c1-17-13-11-12-16-21(17)24-18(2)22(4,23(5)19(24)3)20-14-9-7-6-8-10-15-20/h11-13,16,18-20H,6-10,14-15H2,1-5H3/t18-,19?,22?/m0/s1. The molecular formula is C22H36N2. The zero-order valence-corrected chi connectivity index (χ0v) is 16.4. The van der Waals surface area contributed by atoms with Crippen LogP contribution in [0, 0.1) is 12.8 Å². The van der Waals surface area contributed by atoms with Crippen molar-refractivity contribution in [1.82, 2.24) is 4.90 Å². The molecule has 1 aliphatic heterocycles. The van der Waals surface area contributed by atoms with Gasteiger partial charge < -0.3 is 4.90 Å². The zero-order chi connectivity index (χ0) is 17.3. The van der Waals surface area contributed by atoms with Gasteiger partial charge in [-0.2, -0.15) is 0 Å². The van der Waals surface area contributed by atoms with E-state index in [1.165, 1.54) is 56.2 Å². The number of rotatable bonds is 2. The number of nitrogens with zero attached hydrogens (tertiary/aromatic N) is 2. The molecule has 1 saturated heterocycles. The number of para-hydroxylation sites is 1. The van der Waals surface area contributed by atoms with Gasteiger partial charge in [-0.05, 0) is 65.1 Å². The second-order valence-corrected chi connectivity index (χ2v) is 8.38. The summed E-state index contributed by atoms with van der Waals surface area (Å²) in [6.07, 6.45) is 10.4. The summed E-state index contributed by atoms with van der Waals surface area (Å²) in [5.74, 6) is 0.814. The molecule has 2 fully saturated rings. The van der Waals surface area contributed by atoms with Crippen molar-refractivity contribution in [2.75, 3.05) is 11.9 Å². The molecule has 1 aromatic carbocycles. The van der Waals surface area contributed by atoms with E-state index < -0.39 is 0 Å². The third-order valence-electron chi connectivity index (χ3n) is 7.31. The third-order valence-corrected chi connectivity index (χ3v) is 7.31. The molecule has 2 unspecified atom stereocenters. The molecule has 1 aliphatic carbocycles. The fourth-order valence-electron chi connectivity index (χ4n) is 5.42. The average Bonchev–Trinajstić information content (AvgIpc) is 2.70. The van der Waals surface area contributed by atoms with Crippen molar-refractivity contribution >= 4 is 5.69 Å². The van der Waals surface area contributed by atoms with Gasteiger partial charge in [0, 0.05) is 17.3 Å². The summed E-state index contributed by atoms with van der Waals surface area (Å²) in [5.41, 5.74) is 3.07. The maximum atomic E-state index is 2.68. The second-order valence-electron chi connectivity index (χ2n) is 8.38. The van der Waals surface area contributed by atoms with E-state index in [2.05, 4.69) is 68.8 Å². The normalized spacial score (nSPS) is 33.5. The monoisotopic (exact) mass is 328 g/mol. The maximum Gasteiger partial charge on any atom is 0.0798 e. The van der Waals surface area contributed by atoms with Gasteiger partial charge in [0.15, 0.2) is 0 Å². The lowest BCUT2D eigenvalue weighted by molar-refractivity contribution is 0.0677. The summed E-state index contributed by atoms with van der Waals surface area (Å²) in [7, 11) is 2.36. The number of anilines is 1. The van der Waals surface area contributed by atoms with Crippen LogP contribution < -0.4 is 4.90 Å². The van der Waals surface area contributed by atoms with E-state index in [1.54, 1.807) is 0 Å². The van der Waals surface area contributed by atoms with Crippen LogP contribution in [-0.4, -0.2) is 29.7 Å². The SMILES string of the molecule is Cc1ccccc1N1C(C)N(C)C(C)(C2CCCCCCC2)[C@@H]1C. The van der Waals surface area contributed by atoms with Crippen LogP contribution in [0.4, 0.5) is 5.69 Å². The first kappa shape index (κ1) is 17.8. The minimum Gasteiger partial charge on any atom is -0.351 e. The van der Waals surface area contributed by atoms with Crippen molar-refractivity contribution in [2.24, 2.45) is 5.92 Å². The molecule has 0 amide bonds. The van der Waals surface area contributed by atoms with Crippen molar-refractivity contribution < 1.29 is 0 Å². The van der Waals surface area contributed by atoms with E-state index in [9.17, 15) is 0 Å². The number of likely N-dealkylation sites (N-methyl/N-ethyl adjacent to an activating group) is 1. The van der Waals surface area contributed by atoms with Crippen LogP contribution in [0.15, 0.2) is 24.3 Å². The van der Waals surface area contributed by atoms with Crippen molar-refractivity contribution in [3.8, 4) is 0 Å². The Bertz CT molecular complexity index is 547. The van der Waals surface area contributed by atoms with Gasteiger partial charge in [-0.1, -0.05) is 50.3 Å². The largest absolute Gasteiger partial charge is 0.351 e. The molecule has 3 rings (SSSR count). The first-order chi connectivity index (χ1) is 11.5. The quantitative estimate of drug-likeness (QED) is 0.697. The summed E-state index contributed by atoms with van der Waals surface area (Å²) in [4.78, 5) is 5.35. The van der Waals surface area contributed by atoms with Crippen molar-refractivity contribution in [3.63, 3.8) is 0 Å². The maximum absolute atomic E-state index is 2.68. The van der Waals surface area contributed by atoms with Crippen LogP contribution in [0.25, 0.3) is 0 Å². The lowest BCUT2D eigenvalue weighted by atomic mass is 9.73. The lowest BCUT2D eigenvalue weighted by Crippen LogP contribution is -2.53. The van der Waals surface area contributed by atoms with Gasteiger partial charge in [-0.3, -0.25) is 4.90 Å². The van der Waals surface area contributed by atoms with Gasteiger partial charge in [0.2, 0.25) is 0 Å². The van der Waals surface area contributed by atoms with Crippen LogP contribution in [0.2, 0.25) is 0 Å². The Morgan fingerprint density at radius 2 is 1.54 bits per heavy atom. The summed E-state index contributed by atoms with van der Waals surface area (Å²) in [5, 5.41) is 0. The highest BCUT2D eigenvalue weighted by molar-refractivity contribution is 5.56. The van der Waals surface area contributed by atoms with Gasteiger partial charge in [-0.15, -0.1) is 0 Å². The highest BCUT2D eigenvalue weighted by atomic mass is 15.5. The van der Waals surface area contributed by atoms with E-state index in [1.807, 2.05) is 0 Å². The van der Waals surface area contributed by atoms with Crippen molar-refractivity contribution in [2.45, 2.75) is 90.4 Å². The van der Waals surface area contributed by atoms with Gasteiger partial charge in [0.05, 0.1) is 6.17 Å². The molecule has 0 radical (unpaired) electrons. The Hall–Kier alpha value is -1.02. The molecule has 1 aromatic rings. The lowest BCUT2D eigenvalue weighted by Gasteiger charge is -2.44. The number of hydrogen-bond acceptors (Lipinski definition) is 2. The van der Waals surface area contributed by atoms with E-state index >= 15 is 0 Å². The smallest absolute Gasteiger partial charge is 0.0798 e. The minimum absolute atomic E-state index is 0.263. The third kappa shape index (κ3) is 2.87. The molecule has 2 heteroatoms. The van der Waals surface area contributed by atoms with Crippen molar-refractivity contribution in [3.05, 3.63) is 29.8 Å². The van der Waals surface area contributed by atoms with E-state index in [0.29, 0.717) is 12.2 Å². The number of benzene rings is 1. The van der Waals surface area contributed by atoms with Crippen LogP contribution in [-0.2, 0) is 0 Å². The molecule has 0 aromatic heterocycles. The first-order valence-corrected chi connectivity index (χ1v) is 10.0. The Labute approximate surface area is 149 Å². The first-order valence-electron chi connectivity index (χ1n) is 10.0. The molecule has 3 atom stereocenters. The van der Waals surface area contributed by atoms with Crippen LogP contribution in [0.3, 0.4) is 0 Å². The number of aryl methyl sites for hydroxylation is 1. The van der Waals surface area contributed by atoms with E-state index in [-0.39, 0.29) is 5.54 Å². The molecule has 134 valence electrons. The molecule has 2 nitrogen and oxygen atoms in total. The zero-order valence-electron chi connectivity index (χ0n) is 16.4. The predicted molar refractivity (Wildman–Crippen MR) is 105 cm³/mol. The van der Waals surface area contributed by atoms with Crippen LogP contribution in [0.1, 0.15) is 71.3 Å². The molecule has 0 N–H and O–H groups in total. The topological polar surface area (TPSA) is 6.48 Å². The molecule has 2 aliphatic rings. The Balaban J connectivity index is 1.92. The minimum atomic E-state index is 0.263. The highest BCUT2D eigenvalue weighted by Crippen LogP contribution is 2.46. The highest BCUT2D eigenvalue weighted by Gasteiger charge is 2.53. The molecule has 1 heterocycles.